The minimum absolute atomic E-state index is 0.0652. The van der Waals surface area contributed by atoms with Crippen LogP contribution in [0.15, 0.2) is 0 Å². The van der Waals surface area contributed by atoms with Gasteiger partial charge >= 0.3 is 17.9 Å². The average Bonchev–Trinajstić information content (AvgIpc) is 3.19. The van der Waals surface area contributed by atoms with E-state index in [0.29, 0.717) is 19.3 Å². The second kappa shape index (κ2) is 44.5. The molecule has 0 fully saturated rings. The van der Waals surface area contributed by atoms with Gasteiger partial charge in [0.15, 0.2) is 6.10 Å². The number of hydrogen-bond donors (Lipinski definition) is 0. The summed E-state index contributed by atoms with van der Waals surface area (Å²) in [5, 5.41) is 0. The summed E-state index contributed by atoms with van der Waals surface area (Å²) >= 11 is 0. The summed E-state index contributed by atoms with van der Waals surface area (Å²) in [4.78, 5) is 37.9. The van der Waals surface area contributed by atoms with Crippen molar-refractivity contribution >= 4 is 17.9 Å². The van der Waals surface area contributed by atoms with Crippen molar-refractivity contribution in [3.05, 3.63) is 0 Å². The van der Waals surface area contributed by atoms with Gasteiger partial charge in [-0.3, -0.25) is 14.4 Å². The zero-order valence-electron chi connectivity index (χ0n) is 40.5. The van der Waals surface area contributed by atoms with Gasteiger partial charge in [0, 0.05) is 19.3 Å². The van der Waals surface area contributed by atoms with Gasteiger partial charge in [-0.2, -0.15) is 0 Å². The van der Waals surface area contributed by atoms with Gasteiger partial charge in [0.05, 0.1) is 0 Å². The Kier molecular flexibility index (Phi) is 43.3. The fourth-order valence-corrected chi connectivity index (χ4v) is 7.94. The van der Waals surface area contributed by atoms with E-state index in [1.807, 2.05) is 0 Å². The van der Waals surface area contributed by atoms with Crippen LogP contribution in [0.25, 0.3) is 0 Å². The Balaban J connectivity index is 4.24. The van der Waals surface area contributed by atoms with Gasteiger partial charge in [-0.05, 0) is 37.0 Å². The first-order chi connectivity index (χ1) is 28.6. The highest BCUT2D eigenvalue weighted by molar-refractivity contribution is 5.71. The van der Waals surface area contributed by atoms with Gasteiger partial charge in [0.25, 0.3) is 0 Å². The Morgan fingerprint density at radius 2 is 0.492 bits per heavy atom. The van der Waals surface area contributed by atoms with Crippen molar-refractivity contribution in [2.75, 3.05) is 13.2 Å². The first-order valence-electron chi connectivity index (χ1n) is 26.1. The Hall–Kier alpha value is -1.59. The highest BCUT2D eigenvalue weighted by Gasteiger charge is 2.19. The topological polar surface area (TPSA) is 78.9 Å². The highest BCUT2D eigenvalue weighted by atomic mass is 16.6. The summed E-state index contributed by atoms with van der Waals surface area (Å²) in [5.74, 6) is 1.58. The molecule has 0 N–H and O–H groups in total. The predicted octanol–water partition coefficient (Wildman–Crippen LogP) is 16.8. The third kappa shape index (κ3) is 47.3. The Morgan fingerprint density at radius 1 is 0.288 bits per heavy atom. The third-order valence-electron chi connectivity index (χ3n) is 11.9. The molecule has 0 amide bonds. The van der Waals surface area contributed by atoms with Crippen LogP contribution < -0.4 is 0 Å². The van der Waals surface area contributed by atoms with Crippen molar-refractivity contribution in [1.29, 1.82) is 0 Å². The Labute approximate surface area is 368 Å². The first kappa shape index (κ1) is 57.4. The number of rotatable bonds is 46. The van der Waals surface area contributed by atoms with E-state index in [9.17, 15) is 14.4 Å². The molecule has 59 heavy (non-hydrogen) atoms. The van der Waals surface area contributed by atoms with Crippen LogP contribution in [0.1, 0.15) is 286 Å². The third-order valence-corrected chi connectivity index (χ3v) is 11.9. The van der Waals surface area contributed by atoms with Gasteiger partial charge in [0.2, 0.25) is 0 Å². The van der Waals surface area contributed by atoms with E-state index < -0.39 is 6.10 Å². The summed E-state index contributed by atoms with van der Waals surface area (Å²) in [6, 6.07) is 0. The van der Waals surface area contributed by atoms with E-state index in [4.69, 9.17) is 14.2 Å². The SMILES string of the molecule is CC(C)CCCCCCCCCCCCCCCCCCC(=O)OC[C@@H](COC(=O)CCCCCCCCCC(C)C)OC(=O)CCCCCCCCCCCC(C)C. The average molecular weight is 835 g/mol. The first-order valence-corrected chi connectivity index (χ1v) is 26.1. The van der Waals surface area contributed by atoms with Gasteiger partial charge in [0.1, 0.15) is 13.2 Å². The van der Waals surface area contributed by atoms with Crippen LogP contribution in [-0.2, 0) is 28.6 Å². The molecule has 0 bridgehead atoms. The lowest BCUT2D eigenvalue weighted by atomic mass is 10.0. The Morgan fingerprint density at radius 3 is 0.729 bits per heavy atom. The molecule has 0 aliphatic heterocycles. The largest absolute Gasteiger partial charge is 0.462 e. The summed E-state index contributed by atoms with van der Waals surface area (Å²) in [5.41, 5.74) is 0. The van der Waals surface area contributed by atoms with Crippen molar-refractivity contribution in [3.8, 4) is 0 Å². The molecule has 0 rings (SSSR count). The lowest BCUT2D eigenvalue weighted by Crippen LogP contribution is -2.30. The van der Waals surface area contributed by atoms with Crippen LogP contribution >= 0.6 is 0 Å². The van der Waals surface area contributed by atoms with Gasteiger partial charge in [-0.15, -0.1) is 0 Å². The minimum atomic E-state index is -0.763. The summed E-state index contributed by atoms with van der Waals surface area (Å²) in [6.45, 7) is 13.7. The smallest absolute Gasteiger partial charge is 0.306 e. The van der Waals surface area contributed by atoms with Crippen LogP contribution in [0.2, 0.25) is 0 Å². The molecule has 0 aliphatic rings. The molecular weight excluding hydrogens is 733 g/mol. The van der Waals surface area contributed by atoms with E-state index in [1.165, 1.54) is 167 Å². The number of unbranched alkanes of at least 4 members (excludes halogenated alkanes) is 29. The molecule has 0 aliphatic carbocycles. The van der Waals surface area contributed by atoms with Crippen molar-refractivity contribution in [3.63, 3.8) is 0 Å². The van der Waals surface area contributed by atoms with Crippen LogP contribution in [0, 0.1) is 17.8 Å². The molecule has 0 aromatic carbocycles. The molecule has 0 heterocycles. The number of carbonyl (C=O) groups excluding carboxylic acids is 3. The maximum absolute atomic E-state index is 12.8. The number of hydrogen-bond acceptors (Lipinski definition) is 6. The van der Waals surface area contributed by atoms with E-state index in [-0.39, 0.29) is 31.1 Å². The monoisotopic (exact) mass is 835 g/mol. The molecule has 0 spiro atoms. The number of esters is 3. The van der Waals surface area contributed by atoms with Crippen LogP contribution in [0.5, 0.6) is 0 Å². The van der Waals surface area contributed by atoms with Crippen LogP contribution in [-0.4, -0.2) is 37.2 Å². The maximum Gasteiger partial charge on any atom is 0.306 e. The zero-order chi connectivity index (χ0) is 43.4. The molecule has 6 nitrogen and oxygen atoms in total. The number of carbonyl (C=O) groups is 3. The molecule has 0 saturated carbocycles. The summed E-state index contributed by atoms with van der Waals surface area (Å²) in [7, 11) is 0. The van der Waals surface area contributed by atoms with E-state index in [2.05, 4.69) is 41.5 Å². The zero-order valence-corrected chi connectivity index (χ0v) is 40.5. The minimum Gasteiger partial charge on any atom is -0.462 e. The molecule has 0 radical (unpaired) electrons. The normalized spacial score (nSPS) is 12.2. The molecule has 0 aromatic rings. The van der Waals surface area contributed by atoms with E-state index in [0.717, 1.165) is 75.5 Å². The van der Waals surface area contributed by atoms with Crippen molar-refractivity contribution < 1.29 is 28.6 Å². The molecule has 0 aromatic heterocycles. The van der Waals surface area contributed by atoms with Crippen molar-refractivity contribution in [2.24, 2.45) is 17.8 Å². The van der Waals surface area contributed by atoms with Crippen LogP contribution in [0.4, 0.5) is 0 Å². The summed E-state index contributed by atoms with van der Waals surface area (Å²) < 4.78 is 16.8. The molecular formula is C53H102O6. The van der Waals surface area contributed by atoms with Crippen LogP contribution in [0.3, 0.4) is 0 Å². The van der Waals surface area contributed by atoms with Gasteiger partial charge in [-0.25, -0.2) is 0 Å². The molecule has 0 saturated heterocycles. The van der Waals surface area contributed by atoms with E-state index in [1.54, 1.807) is 0 Å². The summed E-state index contributed by atoms with van der Waals surface area (Å²) in [6.07, 6.45) is 43.9. The molecule has 6 heteroatoms. The molecule has 1 atom stereocenters. The highest BCUT2D eigenvalue weighted by Crippen LogP contribution is 2.18. The van der Waals surface area contributed by atoms with Gasteiger partial charge < -0.3 is 14.2 Å². The second-order valence-corrected chi connectivity index (χ2v) is 19.6. The molecule has 0 unspecified atom stereocenters. The maximum atomic E-state index is 12.8. The second-order valence-electron chi connectivity index (χ2n) is 19.6. The fourth-order valence-electron chi connectivity index (χ4n) is 7.94. The fraction of sp³-hybridized carbons (Fsp3) is 0.943. The lowest BCUT2D eigenvalue weighted by Gasteiger charge is -2.18. The Bertz CT molecular complexity index is 914. The number of ether oxygens (including phenoxy) is 3. The van der Waals surface area contributed by atoms with E-state index >= 15 is 0 Å². The molecule has 350 valence electrons. The quantitative estimate of drug-likeness (QED) is 0.0345. The predicted molar refractivity (Wildman–Crippen MR) is 252 cm³/mol. The standard InChI is InChI=1S/C53H102O6/c1-47(2)39-33-27-21-16-13-11-9-7-8-10-12-14-18-24-30-36-42-51(54)57-45-50(46-58-52(55)43-37-31-26-20-23-29-35-41-49(5)6)59-53(56)44-38-32-25-19-15-17-22-28-34-40-48(3)4/h47-50H,7-46H2,1-6H3/t50-/m0/s1. The van der Waals surface area contributed by atoms with Crippen molar-refractivity contribution in [2.45, 2.75) is 292 Å². The lowest BCUT2D eigenvalue weighted by molar-refractivity contribution is -0.167. The van der Waals surface area contributed by atoms with Gasteiger partial charge in [-0.1, -0.05) is 247 Å². The van der Waals surface area contributed by atoms with Crippen molar-refractivity contribution in [1.82, 2.24) is 0 Å².